The van der Waals surface area contributed by atoms with Gasteiger partial charge in [-0.15, -0.1) is 0 Å². The Morgan fingerprint density at radius 1 is 1.21 bits per heavy atom. The Morgan fingerprint density at radius 3 is 2.21 bits per heavy atom. The Kier molecular flexibility index (Phi) is 3.96. The maximum Gasteiger partial charge on any atom is 0.119 e. The topological polar surface area (TPSA) is 35.2 Å². The van der Waals surface area contributed by atoms with Crippen LogP contribution in [0.4, 0.5) is 0 Å². The van der Waals surface area contributed by atoms with Crippen LogP contribution in [-0.2, 0) is 0 Å². The van der Waals surface area contributed by atoms with Crippen LogP contribution in [0.15, 0.2) is 24.3 Å². The lowest BCUT2D eigenvalue weighted by Gasteiger charge is -2.13. The third-order valence-electron chi connectivity index (χ3n) is 2.32. The number of ether oxygens (including phenoxy) is 1. The number of hydrogen-bond acceptors (Lipinski definition) is 2. The molecule has 1 rings (SSSR count). The molecule has 1 aromatic rings. The number of hydrogen-bond donors (Lipinski definition) is 1. The fourth-order valence-corrected chi connectivity index (χ4v) is 1.17. The smallest absolute Gasteiger partial charge is 0.119 e. The molecule has 0 aliphatic heterocycles. The molecule has 0 heterocycles. The molecule has 0 bridgehead atoms. The zero-order valence-corrected chi connectivity index (χ0v) is 9.16. The van der Waals surface area contributed by atoms with E-state index in [9.17, 15) is 0 Å². The zero-order valence-electron chi connectivity index (χ0n) is 9.16. The van der Waals surface area contributed by atoms with Crippen LogP contribution < -0.4 is 10.5 Å². The van der Waals surface area contributed by atoms with Gasteiger partial charge in [0.15, 0.2) is 0 Å². The highest BCUT2D eigenvalue weighted by Crippen LogP contribution is 2.17. The summed E-state index contributed by atoms with van der Waals surface area (Å²) in [6, 6.07) is 8.08. The molecular formula is C12H19NO. The lowest BCUT2D eigenvalue weighted by atomic mass is 10.1. The van der Waals surface area contributed by atoms with Crippen molar-refractivity contribution in [2.75, 3.05) is 0 Å². The van der Waals surface area contributed by atoms with Crippen LogP contribution in [0.5, 0.6) is 5.75 Å². The van der Waals surface area contributed by atoms with Crippen molar-refractivity contribution in [1.29, 1.82) is 0 Å². The zero-order chi connectivity index (χ0) is 10.6. The van der Waals surface area contributed by atoms with E-state index in [1.807, 2.05) is 31.2 Å². The molecule has 2 atom stereocenters. The molecule has 2 N–H and O–H groups in total. The second kappa shape index (κ2) is 5.01. The van der Waals surface area contributed by atoms with Crippen molar-refractivity contribution in [3.63, 3.8) is 0 Å². The average molecular weight is 193 g/mol. The van der Waals surface area contributed by atoms with E-state index in [0.717, 1.165) is 17.7 Å². The van der Waals surface area contributed by atoms with Crippen LogP contribution in [-0.4, -0.2) is 6.10 Å². The first-order chi connectivity index (χ1) is 6.63. The van der Waals surface area contributed by atoms with Gasteiger partial charge in [0.1, 0.15) is 5.75 Å². The van der Waals surface area contributed by atoms with Crippen molar-refractivity contribution in [2.45, 2.75) is 39.3 Å². The highest BCUT2D eigenvalue weighted by atomic mass is 16.5. The molecule has 78 valence electrons. The Morgan fingerprint density at radius 2 is 1.79 bits per heavy atom. The molecule has 2 nitrogen and oxygen atoms in total. The van der Waals surface area contributed by atoms with Gasteiger partial charge in [-0.3, -0.25) is 0 Å². The van der Waals surface area contributed by atoms with E-state index in [1.165, 1.54) is 0 Å². The van der Waals surface area contributed by atoms with Crippen LogP contribution in [0.2, 0.25) is 0 Å². The minimum absolute atomic E-state index is 0.0904. The molecule has 0 aliphatic rings. The van der Waals surface area contributed by atoms with Gasteiger partial charge in [0, 0.05) is 6.04 Å². The summed E-state index contributed by atoms with van der Waals surface area (Å²) in [6.45, 7) is 6.16. The second-order valence-corrected chi connectivity index (χ2v) is 3.69. The largest absolute Gasteiger partial charge is 0.491 e. The van der Waals surface area contributed by atoms with Crippen molar-refractivity contribution in [2.24, 2.45) is 5.73 Å². The molecule has 0 fully saturated rings. The van der Waals surface area contributed by atoms with Gasteiger partial charge in [0.2, 0.25) is 0 Å². The summed E-state index contributed by atoms with van der Waals surface area (Å²) in [5.41, 5.74) is 6.89. The fraction of sp³-hybridized carbons (Fsp3) is 0.500. The van der Waals surface area contributed by atoms with E-state index >= 15 is 0 Å². The molecule has 2 heteroatoms. The molecule has 0 spiro atoms. The summed E-state index contributed by atoms with van der Waals surface area (Å²) < 4.78 is 5.66. The molecule has 0 amide bonds. The Labute approximate surface area is 86.1 Å². The molecule has 0 radical (unpaired) electrons. The molecule has 0 saturated carbocycles. The van der Waals surface area contributed by atoms with E-state index in [1.54, 1.807) is 0 Å². The van der Waals surface area contributed by atoms with Gasteiger partial charge in [-0.25, -0.2) is 0 Å². The lowest BCUT2D eigenvalue weighted by Crippen LogP contribution is -2.10. The van der Waals surface area contributed by atoms with Gasteiger partial charge in [0.05, 0.1) is 6.10 Å². The summed E-state index contributed by atoms with van der Waals surface area (Å²) >= 11 is 0. The minimum atomic E-state index is 0.0904. The third-order valence-corrected chi connectivity index (χ3v) is 2.32. The Bertz CT molecular complexity index is 266. The fourth-order valence-electron chi connectivity index (χ4n) is 1.17. The highest BCUT2D eigenvalue weighted by molar-refractivity contribution is 5.28. The van der Waals surface area contributed by atoms with Gasteiger partial charge < -0.3 is 10.5 Å². The van der Waals surface area contributed by atoms with Crippen molar-refractivity contribution >= 4 is 0 Å². The van der Waals surface area contributed by atoms with Crippen LogP contribution in [0.3, 0.4) is 0 Å². The van der Waals surface area contributed by atoms with Crippen molar-refractivity contribution in [3.05, 3.63) is 29.8 Å². The van der Waals surface area contributed by atoms with E-state index in [2.05, 4.69) is 13.8 Å². The summed E-state index contributed by atoms with van der Waals surface area (Å²) in [5, 5.41) is 0. The van der Waals surface area contributed by atoms with E-state index in [4.69, 9.17) is 10.5 Å². The molecule has 0 unspecified atom stereocenters. The van der Waals surface area contributed by atoms with Crippen molar-refractivity contribution < 1.29 is 4.74 Å². The minimum Gasteiger partial charge on any atom is -0.491 e. The maximum absolute atomic E-state index is 5.75. The molecular weight excluding hydrogens is 174 g/mol. The summed E-state index contributed by atoms with van der Waals surface area (Å²) in [5.74, 6) is 0.920. The molecule has 14 heavy (non-hydrogen) atoms. The number of benzene rings is 1. The Balaban J connectivity index is 2.64. The summed E-state index contributed by atoms with van der Waals surface area (Å²) in [4.78, 5) is 0. The average Bonchev–Trinajstić information content (AvgIpc) is 2.18. The maximum atomic E-state index is 5.75. The first-order valence-corrected chi connectivity index (χ1v) is 5.15. The normalized spacial score (nSPS) is 14.9. The van der Waals surface area contributed by atoms with Gasteiger partial charge in [0.25, 0.3) is 0 Å². The summed E-state index contributed by atoms with van der Waals surface area (Å²) in [7, 11) is 0. The standard InChI is InChI=1S/C12H19NO/c1-4-9(2)14-12-7-5-11(6-8-12)10(3)13/h5-10H,4,13H2,1-3H3/t9-,10-/m1/s1. The van der Waals surface area contributed by atoms with Crippen LogP contribution in [0, 0.1) is 0 Å². The molecule has 0 aliphatic carbocycles. The van der Waals surface area contributed by atoms with E-state index in [0.29, 0.717) is 0 Å². The van der Waals surface area contributed by atoms with Gasteiger partial charge in [-0.1, -0.05) is 19.1 Å². The van der Waals surface area contributed by atoms with Crippen molar-refractivity contribution in [3.8, 4) is 5.75 Å². The van der Waals surface area contributed by atoms with E-state index in [-0.39, 0.29) is 12.1 Å². The highest BCUT2D eigenvalue weighted by Gasteiger charge is 2.02. The summed E-state index contributed by atoms with van der Waals surface area (Å²) in [6.07, 6.45) is 1.30. The van der Waals surface area contributed by atoms with Crippen LogP contribution >= 0.6 is 0 Å². The van der Waals surface area contributed by atoms with E-state index < -0.39 is 0 Å². The Hall–Kier alpha value is -1.02. The van der Waals surface area contributed by atoms with Crippen molar-refractivity contribution in [1.82, 2.24) is 0 Å². The predicted octanol–water partition coefficient (Wildman–Crippen LogP) is 2.88. The molecule has 0 aromatic heterocycles. The monoisotopic (exact) mass is 193 g/mol. The third kappa shape index (κ3) is 3.04. The second-order valence-electron chi connectivity index (χ2n) is 3.69. The number of nitrogens with two attached hydrogens (primary N) is 1. The quantitative estimate of drug-likeness (QED) is 0.798. The van der Waals surface area contributed by atoms with Crippen LogP contribution in [0.25, 0.3) is 0 Å². The van der Waals surface area contributed by atoms with Gasteiger partial charge >= 0.3 is 0 Å². The van der Waals surface area contributed by atoms with Gasteiger partial charge in [-0.2, -0.15) is 0 Å². The van der Waals surface area contributed by atoms with Crippen LogP contribution in [0.1, 0.15) is 38.8 Å². The van der Waals surface area contributed by atoms with Gasteiger partial charge in [-0.05, 0) is 38.0 Å². The number of rotatable bonds is 4. The lowest BCUT2D eigenvalue weighted by molar-refractivity contribution is 0.217. The first-order valence-electron chi connectivity index (χ1n) is 5.15. The first kappa shape index (κ1) is 11.1. The molecule has 1 aromatic carbocycles. The predicted molar refractivity (Wildman–Crippen MR) is 59.4 cm³/mol. The SMILES string of the molecule is CC[C@@H](C)Oc1ccc([C@@H](C)N)cc1. The molecule has 0 saturated heterocycles.